The summed E-state index contributed by atoms with van der Waals surface area (Å²) in [7, 11) is 0. The van der Waals surface area contributed by atoms with Gasteiger partial charge >= 0.3 is 0 Å². The molecule has 0 amide bonds. The molecule has 4 aromatic rings. The van der Waals surface area contributed by atoms with Crippen LogP contribution in [0.5, 0.6) is 0 Å². The number of nitrogens with zero attached hydrogens (tertiary/aromatic N) is 5. The third-order valence-corrected chi connectivity index (χ3v) is 5.68. The van der Waals surface area contributed by atoms with Gasteiger partial charge in [-0.05, 0) is 25.3 Å². The molecular formula is C12H9N5S3. The van der Waals surface area contributed by atoms with E-state index in [1.807, 2.05) is 29.8 Å². The van der Waals surface area contributed by atoms with Crippen molar-refractivity contribution in [3.05, 3.63) is 27.5 Å². The van der Waals surface area contributed by atoms with Crippen molar-refractivity contribution >= 4 is 39.0 Å². The Bertz CT molecular complexity index is 884. The van der Waals surface area contributed by atoms with Gasteiger partial charge in [-0.25, -0.2) is 4.98 Å². The number of fused-ring (bicyclic) bond motifs is 1. The zero-order valence-corrected chi connectivity index (χ0v) is 13.1. The molecule has 0 atom stereocenters. The number of aryl methyl sites for hydroxylation is 2. The first kappa shape index (κ1) is 12.1. The Kier molecular flexibility index (Phi) is 2.69. The van der Waals surface area contributed by atoms with Crippen LogP contribution in [0.2, 0.25) is 0 Å². The summed E-state index contributed by atoms with van der Waals surface area (Å²) in [5, 5.41) is 19.2. The van der Waals surface area contributed by atoms with Crippen LogP contribution in [0, 0.1) is 13.8 Å². The van der Waals surface area contributed by atoms with Gasteiger partial charge in [-0.1, -0.05) is 11.3 Å². The highest BCUT2D eigenvalue weighted by atomic mass is 32.1. The minimum absolute atomic E-state index is 0.794. The normalized spacial score (nSPS) is 11.5. The van der Waals surface area contributed by atoms with E-state index in [9.17, 15) is 0 Å². The highest BCUT2D eigenvalue weighted by Crippen LogP contribution is 2.34. The van der Waals surface area contributed by atoms with Crippen LogP contribution in [0.3, 0.4) is 0 Å². The van der Waals surface area contributed by atoms with Gasteiger partial charge in [0.05, 0.1) is 15.6 Å². The van der Waals surface area contributed by atoms with Crippen molar-refractivity contribution in [3.63, 3.8) is 0 Å². The molecule has 0 aliphatic carbocycles. The smallest absolute Gasteiger partial charge is 0.235 e. The molecule has 0 aromatic carbocycles. The molecule has 0 fully saturated rings. The lowest BCUT2D eigenvalue weighted by molar-refractivity contribution is 0.971. The van der Waals surface area contributed by atoms with E-state index in [0.29, 0.717) is 0 Å². The Balaban J connectivity index is 1.90. The Morgan fingerprint density at radius 2 is 2.05 bits per heavy atom. The molecule has 4 rings (SSSR count). The summed E-state index contributed by atoms with van der Waals surface area (Å²) in [6, 6.07) is 2.03. The molecule has 0 unspecified atom stereocenters. The van der Waals surface area contributed by atoms with Crippen LogP contribution < -0.4 is 0 Å². The third kappa shape index (κ3) is 1.80. The molecule has 0 spiro atoms. The molecule has 4 heterocycles. The predicted octanol–water partition coefficient (Wildman–Crippen LogP) is 3.65. The van der Waals surface area contributed by atoms with Crippen LogP contribution in [-0.4, -0.2) is 24.8 Å². The fourth-order valence-electron chi connectivity index (χ4n) is 2.01. The quantitative estimate of drug-likeness (QED) is 0.566. The standard InChI is InChI=1S/C12H9N5S3/c1-6-9(19-7(2)13-6)11-16-17-10(8-3-4-18-5-8)14-15-12(17)20-11/h3-5H,1-2H3. The summed E-state index contributed by atoms with van der Waals surface area (Å²) in [5.41, 5.74) is 2.08. The average Bonchev–Trinajstić information content (AvgIpc) is 3.11. The topological polar surface area (TPSA) is 56.0 Å². The second-order valence-electron chi connectivity index (χ2n) is 4.28. The van der Waals surface area contributed by atoms with Gasteiger partial charge in [-0.2, -0.15) is 21.0 Å². The van der Waals surface area contributed by atoms with Gasteiger partial charge in [0.15, 0.2) is 10.8 Å². The molecule has 0 aliphatic heterocycles. The summed E-state index contributed by atoms with van der Waals surface area (Å²) in [6.07, 6.45) is 0. The molecule has 5 nitrogen and oxygen atoms in total. The molecule has 20 heavy (non-hydrogen) atoms. The fourth-order valence-corrected chi connectivity index (χ4v) is 4.53. The van der Waals surface area contributed by atoms with Crippen molar-refractivity contribution < 1.29 is 0 Å². The maximum atomic E-state index is 4.66. The van der Waals surface area contributed by atoms with Gasteiger partial charge in [0.25, 0.3) is 0 Å². The van der Waals surface area contributed by atoms with Crippen LogP contribution >= 0.6 is 34.0 Å². The summed E-state index contributed by atoms with van der Waals surface area (Å²) in [6.45, 7) is 4.03. The first-order chi connectivity index (χ1) is 9.72. The fraction of sp³-hybridized carbons (Fsp3) is 0.167. The van der Waals surface area contributed by atoms with Crippen molar-refractivity contribution in [2.24, 2.45) is 0 Å². The van der Waals surface area contributed by atoms with Gasteiger partial charge in [0.1, 0.15) is 0 Å². The summed E-state index contributed by atoms with van der Waals surface area (Å²) in [5.74, 6) is 0.794. The first-order valence-corrected chi connectivity index (χ1v) is 8.49. The summed E-state index contributed by atoms with van der Waals surface area (Å²) >= 11 is 4.86. The number of hydrogen-bond acceptors (Lipinski definition) is 7. The Morgan fingerprint density at radius 1 is 1.15 bits per heavy atom. The second-order valence-corrected chi connectivity index (χ2v) is 7.22. The molecule has 100 valence electrons. The highest BCUT2D eigenvalue weighted by Gasteiger charge is 2.17. The van der Waals surface area contributed by atoms with Gasteiger partial charge in [-0.15, -0.1) is 21.5 Å². The second kappa shape index (κ2) is 4.44. The summed E-state index contributed by atoms with van der Waals surface area (Å²) in [4.78, 5) is 6.39. The minimum Gasteiger partial charge on any atom is -0.246 e. The van der Waals surface area contributed by atoms with Crippen LogP contribution in [0.25, 0.3) is 26.2 Å². The van der Waals surface area contributed by atoms with Crippen LogP contribution in [-0.2, 0) is 0 Å². The minimum atomic E-state index is 0.794. The van der Waals surface area contributed by atoms with E-state index in [1.165, 1.54) is 0 Å². The SMILES string of the molecule is Cc1nc(C)c(-c2nn3c(-c4ccsc4)nnc3s2)s1. The summed E-state index contributed by atoms with van der Waals surface area (Å²) < 4.78 is 1.82. The van der Waals surface area contributed by atoms with Crippen molar-refractivity contribution in [2.75, 3.05) is 0 Å². The number of thiophene rings is 1. The van der Waals surface area contributed by atoms with E-state index in [-0.39, 0.29) is 0 Å². The zero-order chi connectivity index (χ0) is 13.7. The maximum Gasteiger partial charge on any atom is 0.235 e. The van der Waals surface area contributed by atoms with Crippen LogP contribution in [0.4, 0.5) is 0 Å². The Morgan fingerprint density at radius 3 is 2.75 bits per heavy atom. The van der Waals surface area contributed by atoms with E-state index in [4.69, 9.17) is 0 Å². The molecule has 0 saturated heterocycles. The maximum absolute atomic E-state index is 4.66. The molecule has 0 N–H and O–H groups in total. The molecule has 0 radical (unpaired) electrons. The lowest BCUT2D eigenvalue weighted by atomic mass is 10.3. The largest absolute Gasteiger partial charge is 0.246 e. The molecule has 0 aliphatic rings. The third-order valence-electron chi connectivity index (χ3n) is 2.87. The molecule has 0 saturated carbocycles. The van der Waals surface area contributed by atoms with Crippen molar-refractivity contribution in [1.82, 2.24) is 24.8 Å². The number of hydrogen-bond donors (Lipinski definition) is 0. The number of aromatic nitrogens is 5. The van der Waals surface area contributed by atoms with Gasteiger partial charge in [0, 0.05) is 10.9 Å². The van der Waals surface area contributed by atoms with Crippen LogP contribution in [0.1, 0.15) is 10.7 Å². The van der Waals surface area contributed by atoms with E-state index in [0.717, 1.165) is 36.9 Å². The van der Waals surface area contributed by atoms with Crippen molar-refractivity contribution in [2.45, 2.75) is 13.8 Å². The average molecular weight is 319 g/mol. The predicted molar refractivity (Wildman–Crippen MR) is 82.6 cm³/mol. The first-order valence-electron chi connectivity index (χ1n) is 5.91. The molecular weight excluding hydrogens is 310 g/mol. The lowest BCUT2D eigenvalue weighted by Gasteiger charge is -1.91. The molecule has 4 aromatic heterocycles. The van der Waals surface area contributed by atoms with Crippen LogP contribution in [0.15, 0.2) is 16.8 Å². The number of thiazole rings is 1. The Hall–Kier alpha value is -1.64. The van der Waals surface area contributed by atoms with E-state index < -0.39 is 0 Å². The van der Waals surface area contributed by atoms with E-state index in [1.54, 1.807) is 34.0 Å². The van der Waals surface area contributed by atoms with Crippen molar-refractivity contribution in [3.8, 4) is 21.3 Å². The van der Waals surface area contributed by atoms with E-state index in [2.05, 4.69) is 25.7 Å². The monoisotopic (exact) mass is 319 g/mol. The number of rotatable bonds is 2. The molecule has 0 bridgehead atoms. The Labute approximate surface area is 126 Å². The van der Waals surface area contributed by atoms with Gasteiger partial charge < -0.3 is 0 Å². The van der Waals surface area contributed by atoms with Gasteiger partial charge in [0.2, 0.25) is 4.96 Å². The highest BCUT2D eigenvalue weighted by molar-refractivity contribution is 7.24. The van der Waals surface area contributed by atoms with E-state index >= 15 is 0 Å². The van der Waals surface area contributed by atoms with Crippen molar-refractivity contribution in [1.29, 1.82) is 0 Å². The molecule has 8 heteroatoms. The van der Waals surface area contributed by atoms with Gasteiger partial charge in [-0.3, -0.25) is 0 Å². The zero-order valence-electron chi connectivity index (χ0n) is 10.7. The lowest BCUT2D eigenvalue weighted by Crippen LogP contribution is -1.89.